The number of aromatic nitrogens is 3. The van der Waals surface area contributed by atoms with Crippen molar-refractivity contribution in [3.05, 3.63) is 24.3 Å². The standard InChI is InChI=1S/C26H40N8O2/c1-3-31(4-2)25-28-24(27-21-5-7-22(8-6-21)32-13-17-35-18-14-32)29-26(30-25)34-11-9-23(10-12-34)33-15-19-36-20-16-33/h5-8,23H,3-4,9-20H2,1-2H3,(H,27,28,29,30). The van der Waals surface area contributed by atoms with Gasteiger partial charge in [0.1, 0.15) is 0 Å². The van der Waals surface area contributed by atoms with Gasteiger partial charge >= 0.3 is 0 Å². The quantitative estimate of drug-likeness (QED) is 0.589. The molecule has 0 radical (unpaired) electrons. The summed E-state index contributed by atoms with van der Waals surface area (Å²) in [4.78, 5) is 24.0. The lowest BCUT2D eigenvalue weighted by molar-refractivity contribution is 0.0114. The van der Waals surface area contributed by atoms with E-state index in [0.717, 1.165) is 109 Å². The third kappa shape index (κ3) is 5.99. The van der Waals surface area contributed by atoms with Crippen LogP contribution in [0.1, 0.15) is 26.7 Å². The van der Waals surface area contributed by atoms with Crippen molar-refractivity contribution in [1.29, 1.82) is 0 Å². The molecule has 196 valence electrons. The van der Waals surface area contributed by atoms with Crippen molar-refractivity contribution >= 4 is 29.2 Å². The van der Waals surface area contributed by atoms with E-state index in [2.05, 4.69) is 63.0 Å². The van der Waals surface area contributed by atoms with Crippen LogP contribution >= 0.6 is 0 Å². The molecule has 0 amide bonds. The van der Waals surface area contributed by atoms with Crippen molar-refractivity contribution in [2.24, 2.45) is 0 Å². The van der Waals surface area contributed by atoms with E-state index in [1.807, 2.05) is 0 Å². The number of rotatable bonds is 8. The number of piperidine rings is 1. The molecule has 5 rings (SSSR count). The average molecular weight is 497 g/mol. The van der Waals surface area contributed by atoms with E-state index in [1.54, 1.807) is 0 Å². The molecule has 36 heavy (non-hydrogen) atoms. The highest BCUT2D eigenvalue weighted by atomic mass is 16.5. The van der Waals surface area contributed by atoms with Crippen molar-refractivity contribution in [3.63, 3.8) is 0 Å². The van der Waals surface area contributed by atoms with Gasteiger partial charge in [0, 0.05) is 69.8 Å². The van der Waals surface area contributed by atoms with Gasteiger partial charge in [-0.25, -0.2) is 0 Å². The second-order valence-corrected chi connectivity index (χ2v) is 9.57. The molecule has 3 aliphatic rings. The lowest BCUT2D eigenvalue weighted by Gasteiger charge is -2.40. The Kier molecular flexibility index (Phi) is 8.35. The molecule has 0 atom stereocenters. The fraction of sp³-hybridized carbons (Fsp3) is 0.654. The smallest absolute Gasteiger partial charge is 0.233 e. The Balaban J connectivity index is 1.30. The minimum absolute atomic E-state index is 0.594. The summed E-state index contributed by atoms with van der Waals surface area (Å²) in [5.74, 6) is 2.09. The maximum absolute atomic E-state index is 5.54. The third-order valence-electron chi connectivity index (χ3n) is 7.47. The first-order valence-electron chi connectivity index (χ1n) is 13.5. The molecule has 2 aromatic rings. The predicted molar refractivity (Wildman–Crippen MR) is 144 cm³/mol. The van der Waals surface area contributed by atoms with Crippen LogP contribution in [0.25, 0.3) is 0 Å². The lowest BCUT2D eigenvalue weighted by Crippen LogP contribution is -2.49. The van der Waals surface area contributed by atoms with Crippen LogP contribution in [0.15, 0.2) is 24.3 Å². The monoisotopic (exact) mass is 496 g/mol. The summed E-state index contributed by atoms with van der Waals surface area (Å²) < 4.78 is 11.0. The molecule has 0 spiro atoms. The van der Waals surface area contributed by atoms with Gasteiger partial charge in [-0.15, -0.1) is 0 Å². The van der Waals surface area contributed by atoms with E-state index in [-0.39, 0.29) is 0 Å². The van der Waals surface area contributed by atoms with Crippen molar-refractivity contribution in [3.8, 4) is 0 Å². The number of anilines is 5. The molecule has 3 fully saturated rings. The van der Waals surface area contributed by atoms with Gasteiger partial charge in [0.2, 0.25) is 17.8 Å². The first-order chi connectivity index (χ1) is 17.7. The zero-order valence-corrected chi connectivity index (χ0v) is 21.7. The summed E-state index contributed by atoms with van der Waals surface area (Å²) in [7, 11) is 0. The average Bonchev–Trinajstić information content (AvgIpc) is 2.95. The summed E-state index contributed by atoms with van der Waals surface area (Å²) >= 11 is 0. The minimum Gasteiger partial charge on any atom is -0.379 e. The fourth-order valence-corrected chi connectivity index (χ4v) is 5.28. The molecular weight excluding hydrogens is 456 g/mol. The Labute approximate surface area is 214 Å². The molecule has 0 bridgehead atoms. The largest absolute Gasteiger partial charge is 0.379 e. The predicted octanol–water partition coefficient (Wildman–Crippen LogP) is 2.60. The number of hydrogen-bond donors (Lipinski definition) is 1. The highest BCUT2D eigenvalue weighted by Crippen LogP contribution is 2.25. The SMILES string of the molecule is CCN(CC)c1nc(Nc2ccc(N3CCOCC3)cc2)nc(N2CCC(N3CCOCC3)CC2)n1. The maximum atomic E-state index is 5.54. The van der Waals surface area contributed by atoms with E-state index in [9.17, 15) is 0 Å². The number of hydrogen-bond acceptors (Lipinski definition) is 10. The topological polar surface area (TPSA) is 82.1 Å². The minimum atomic E-state index is 0.594. The van der Waals surface area contributed by atoms with Crippen LogP contribution in [0, 0.1) is 0 Å². The van der Waals surface area contributed by atoms with E-state index in [0.29, 0.717) is 12.0 Å². The van der Waals surface area contributed by atoms with Gasteiger partial charge in [0.15, 0.2) is 0 Å². The van der Waals surface area contributed by atoms with Crippen LogP contribution in [0.5, 0.6) is 0 Å². The van der Waals surface area contributed by atoms with Gasteiger partial charge in [0.05, 0.1) is 26.4 Å². The molecular formula is C26H40N8O2. The van der Waals surface area contributed by atoms with E-state index in [1.165, 1.54) is 5.69 Å². The lowest BCUT2D eigenvalue weighted by atomic mass is 10.0. The van der Waals surface area contributed by atoms with Gasteiger partial charge in [0.25, 0.3) is 0 Å². The van der Waals surface area contributed by atoms with Gasteiger partial charge in [-0.05, 0) is 51.0 Å². The second kappa shape index (κ2) is 12.0. The van der Waals surface area contributed by atoms with Crippen molar-refractivity contribution in [2.75, 3.05) is 98.8 Å². The molecule has 1 N–H and O–H groups in total. The maximum Gasteiger partial charge on any atom is 0.233 e. The molecule has 1 aromatic heterocycles. The summed E-state index contributed by atoms with van der Waals surface area (Å²) in [6, 6.07) is 9.12. The Hall–Kier alpha value is -2.69. The van der Waals surface area contributed by atoms with Crippen LogP contribution in [-0.2, 0) is 9.47 Å². The van der Waals surface area contributed by atoms with Crippen molar-refractivity contribution < 1.29 is 9.47 Å². The molecule has 10 heteroatoms. The van der Waals surface area contributed by atoms with Gasteiger partial charge in [-0.1, -0.05) is 0 Å². The third-order valence-corrected chi connectivity index (χ3v) is 7.47. The highest BCUT2D eigenvalue weighted by Gasteiger charge is 2.27. The summed E-state index contributed by atoms with van der Waals surface area (Å²) in [6.45, 7) is 15.1. The van der Waals surface area contributed by atoms with Crippen LogP contribution in [-0.4, -0.2) is 105 Å². The van der Waals surface area contributed by atoms with Crippen molar-refractivity contribution in [2.45, 2.75) is 32.7 Å². The molecule has 10 nitrogen and oxygen atoms in total. The Morgan fingerprint density at radius 1 is 0.806 bits per heavy atom. The van der Waals surface area contributed by atoms with Gasteiger partial charge in [-0.3, -0.25) is 4.90 Å². The van der Waals surface area contributed by atoms with E-state index in [4.69, 9.17) is 24.4 Å². The number of ether oxygens (including phenoxy) is 2. The van der Waals surface area contributed by atoms with Crippen LogP contribution in [0.2, 0.25) is 0 Å². The number of nitrogens with zero attached hydrogens (tertiary/aromatic N) is 7. The zero-order valence-electron chi connectivity index (χ0n) is 21.7. The normalized spacial score (nSPS) is 19.9. The Morgan fingerprint density at radius 3 is 2.08 bits per heavy atom. The Morgan fingerprint density at radius 2 is 1.44 bits per heavy atom. The molecule has 0 unspecified atom stereocenters. The van der Waals surface area contributed by atoms with Crippen LogP contribution < -0.4 is 20.0 Å². The van der Waals surface area contributed by atoms with Crippen LogP contribution in [0.3, 0.4) is 0 Å². The first-order valence-corrected chi connectivity index (χ1v) is 13.5. The summed E-state index contributed by atoms with van der Waals surface area (Å²) in [5, 5.41) is 3.44. The molecule has 0 aliphatic carbocycles. The zero-order chi connectivity index (χ0) is 24.7. The number of morpholine rings is 2. The van der Waals surface area contributed by atoms with E-state index < -0.39 is 0 Å². The van der Waals surface area contributed by atoms with E-state index >= 15 is 0 Å². The molecule has 1 aromatic carbocycles. The number of nitrogens with one attached hydrogen (secondary N) is 1. The van der Waals surface area contributed by atoms with Crippen LogP contribution in [0.4, 0.5) is 29.2 Å². The molecule has 0 saturated carbocycles. The molecule has 3 saturated heterocycles. The summed E-state index contributed by atoms with van der Waals surface area (Å²) in [6.07, 6.45) is 2.25. The van der Waals surface area contributed by atoms with Gasteiger partial charge < -0.3 is 29.5 Å². The van der Waals surface area contributed by atoms with Gasteiger partial charge in [-0.2, -0.15) is 15.0 Å². The highest BCUT2D eigenvalue weighted by molar-refractivity contribution is 5.61. The summed E-state index contributed by atoms with van der Waals surface area (Å²) in [5.41, 5.74) is 2.19. The second-order valence-electron chi connectivity index (χ2n) is 9.57. The first kappa shape index (κ1) is 25.0. The Bertz CT molecular complexity index is 951. The number of benzene rings is 1. The molecule has 4 heterocycles. The fourth-order valence-electron chi connectivity index (χ4n) is 5.28. The molecule has 3 aliphatic heterocycles. The van der Waals surface area contributed by atoms with Crippen molar-refractivity contribution in [1.82, 2.24) is 19.9 Å².